The zero-order valence-corrected chi connectivity index (χ0v) is 15.1. The highest BCUT2D eigenvalue weighted by Gasteiger charge is 2.36. The SMILES string of the molecule is CN=C(NCc1cn(C)nc1C(F)(F)F)NCC(C)Oc1ccccc1F. The van der Waals surface area contributed by atoms with Gasteiger partial charge in [-0.25, -0.2) is 4.39 Å². The number of para-hydroxylation sites is 1. The van der Waals surface area contributed by atoms with Crippen LogP contribution in [0.2, 0.25) is 0 Å². The van der Waals surface area contributed by atoms with Gasteiger partial charge in [-0.05, 0) is 19.1 Å². The first-order valence-electron chi connectivity index (χ1n) is 8.16. The number of rotatable bonds is 6. The molecule has 0 amide bonds. The Bertz CT molecular complexity index is 788. The molecule has 0 aliphatic heterocycles. The van der Waals surface area contributed by atoms with E-state index in [-0.39, 0.29) is 30.4 Å². The number of alkyl halides is 3. The third-order valence-electron chi connectivity index (χ3n) is 3.56. The summed E-state index contributed by atoms with van der Waals surface area (Å²) >= 11 is 0. The Hall–Kier alpha value is -2.78. The number of benzene rings is 1. The second-order valence-corrected chi connectivity index (χ2v) is 5.84. The monoisotopic (exact) mass is 387 g/mol. The highest BCUT2D eigenvalue weighted by Crippen LogP contribution is 2.30. The Kier molecular flexibility index (Phi) is 6.65. The minimum atomic E-state index is -4.53. The third-order valence-corrected chi connectivity index (χ3v) is 3.56. The molecule has 1 heterocycles. The largest absolute Gasteiger partial charge is 0.486 e. The van der Waals surface area contributed by atoms with E-state index in [1.807, 2.05) is 0 Å². The molecular weight excluding hydrogens is 366 g/mol. The number of nitrogens with zero attached hydrogens (tertiary/aromatic N) is 3. The van der Waals surface area contributed by atoms with Gasteiger partial charge in [0, 0.05) is 32.4 Å². The van der Waals surface area contributed by atoms with Gasteiger partial charge in [0.05, 0.1) is 6.54 Å². The summed E-state index contributed by atoms with van der Waals surface area (Å²) in [4.78, 5) is 3.95. The molecule has 2 rings (SSSR count). The molecule has 0 spiro atoms. The molecule has 2 N–H and O–H groups in total. The standard InChI is InChI=1S/C17H21F4N5O/c1-11(27-14-7-5-4-6-13(14)18)8-23-16(22-2)24-9-12-10-26(3)25-15(12)17(19,20)21/h4-7,10-11H,8-9H2,1-3H3,(H2,22,23,24). The minimum absolute atomic E-state index is 0.00334. The molecule has 27 heavy (non-hydrogen) atoms. The van der Waals surface area contributed by atoms with Gasteiger partial charge in [0.25, 0.3) is 0 Å². The Morgan fingerprint density at radius 2 is 2.00 bits per heavy atom. The van der Waals surface area contributed by atoms with Gasteiger partial charge >= 0.3 is 6.18 Å². The van der Waals surface area contributed by atoms with Crippen molar-refractivity contribution in [1.29, 1.82) is 0 Å². The van der Waals surface area contributed by atoms with Crippen molar-refractivity contribution >= 4 is 5.96 Å². The van der Waals surface area contributed by atoms with Crippen LogP contribution in [0.15, 0.2) is 35.5 Å². The molecule has 0 fully saturated rings. The van der Waals surface area contributed by atoms with Crippen LogP contribution in [-0.4, -0.2) is 35.4 Å². The van der Waals surface area contributed by atoms with Crippen molar-refractivity contribution in [2.24, 2.45) is 12.0 Å². The number of aryl methyl sites for hydroxylation is 1. The van der Waals surface area contributed by atoms with Crippen molar-refractivity contribution in [3.05, 3.63) is 47.5 Å². The lowest BCUT2D eigenvalue weighted by molar-refractivity contribution is -0.142. The fraction of sp³-hybridized carbons (Fsp3) is 0.412. The van der Waals surface area contributed by atoms with Crippen LogP contribution < -0.4 is 15.4 Å². The summed E-state index contributed by atoms with van der Waals surface area (Å²) in [5, 5.41) is 9.18. The normalized spacial score (nSPS) is 13.4. The number of hydrogen-bond donors (Lipinski definition) is 2. The molecule has 0 aliphatic rings. The van der Waals surface area contributed by atoms with Crippen molar-refractivity contribution in [3.63, 3.8) is 0 Å². The van der Waals surface area contributed by atoms with Crippen LogP contribution in [0.1, 0.15) is 18.2 Å². The van der Waals surface area contributed by atoms with Crippen LogP contribution >= 0.6 is 0 Å². The van der Waals surface area contributed by atoms with Crippen molar-refractivity contribution in [3.8, 4) is 5.75 Å². The number of nitrogens with one attached hydrogen (secondary N) is 2. The molecule has 0 aliphatic carbocycles. The second-order valence-electron chi connectivity index (χ2n) is 5.84. The van der Waals surface area contributed by atoms with Crippen molar-refractivity contribution < 1.29 is 22.3 Å². The topological polar surface area (TPSA) is 63.5 Å². The van der Waals surface area contributed by atoms with Crippen molar-refractivity contribution in [1.82, 2.24) is 20.4 Å². The molecule has 148 valence electrons. The van der Waals surface area contributed by atoms with Crippen molar-refractivity contribution in [2.75, 3.05) is 13.6 Å². The van der Waals surface area contributed by atoms with E-state index in [2.05, 4.69) is 20.7 Å². The van der Waals surface area contributed by atoms with Gasteiger partial charge in [-0.15, -0.1) is 0 Å². The Labute approximate surface area is 154 Å². The first kappa shape index (κ1) is 20.5. The summed E-state index contributed by atoms with van der Waals surface area (Å²) < 4.78 is 59.1. The highest BCUT2D eigenvalue weighted by atomic mass is 19.4. The van der Waals surface area contributed by atoms with Crippen LogP contribution in [0.25, 0.3) is 0 Å². The molecule has 0 radical (unpaired) electrons. The molecule has 0 bridgehead atoms. The van der Waals surface area contributed by atoms with E-state index in [0.717, 1.165) is 4.68 Å². The second kappa shape index (κ2) is 8.74. The number of ether oxygens (including phenoxy) is 1. The van der Waals surface area contributed by atoms with E-state index < -0.39 is 23.8 Å². The van der Waals surface area contributed by atoms with E-state index in [4.69, 9.17) is 4.74 Å². The van der Waals surface area contributed by atoms with Gasteiger partial charge in [0.15, 0.2) is 23.2 Å². The van der Waals surface area contributed by atoms with Gasteiger partial charge in [0.2, 0.25) is 0 Å². The molecule has 0 saturated carbocycles. The van der Waals surface area contributed by atoms with Gasteiger partial charge in [-0.3, -0.25) is 9.67 Å². The molecule has 1 aromatic heterocycles. The van der Waals surface area contributed by atoms with Gasteiger partial charge < -0.3 is 15.4 Å². The lowest BCUT2D eigenvalue weighted by Crippen LogP contribution is -2.41. The number of aromatic nitrogens is 2. The number of guanidine groups is 1. The fourth-order valence-corrected chi connectivity index (χ4v) is 2.34. The highest BCUT2D eigenvalue weighted by molar-refractivity contribution is 5.79. The predicted molar refractivity (Wildman–Crippen MR) is 92.9 cm³/mol. The lowest BCUT2D eigenvalue weighted by atomic mass is 10.2. The summed E-state index contributed by atoms with van der Waals surface area (Å²) in [6, 6.07) is 6.03. The number of aliphatic imine (C=N–C) groups is 1. The first-order valence-corrected chi connectivity index (χ1v) is 8.16. The molecule has 10 heteroatoms. The van der Waals surface area contributed by atoms with Gasteiger partial charge in [-0.1, -0.05) is 12.1 Å². The number of halogens is 4. The van der Waals surface area contributed by atoms with Crippen LogP contribution in [0.3, 0.4) is 0 Å². The molecule has 1 unspecified atom stereocenters. The average molecular weight is 387 g/mol. The number of hydrogen-bond acceptors (Lipinski definition) is 3. The van der Waals surface area contributed by atoms with E-state index in [9.17, 15) is 17.6 Å². The van der Waals surface area contributed by atoms with Crippen LogP contribution in [0.4, 0.5) is 17.6 Å². The van der Waals surface area contributed by atoms with Crippen molar-refractivity contribution in [2.45, 2.75) is 25.7 Å². The summed E-state index contributed by atoms with van der Waals surface area (Å²) in [7, 11) is 2.92. The Morgan fingerprint density at radius 1 is 1.30 bits per heavy atom. The molecule has 6 nitrogen and oxygen atoms in total. The molecule has 1 aromatic carbocycles. The maximum absolute atomic E-state index is 13.6. The molecule has 1 atom stereocenters. The van der Waals surface area contributed by atoms with Crippen LogP contribution in [-0.2, 0) is 19.8 Å². The summed E-state index contributed by atoms with van der Waals surface area (Å²) in [6.45, 7) is 1.90. The summed E-state index contributed by atoms with van der Waals surface area (Å²) in [5.74, 6) is -0.0565. The lowest BCUT2D eigenvalue weighted by Gasteiger charge is -2.18. The van der Waals surface area contributed by atoms with E-state index in [1.165, 1.54) is 32.4 Å². The maximum atomic E-state index is 13.6. The Morgan fingerprint density at radius 3 is 2.63 bits per heavy atom. The van der Waals surface area contributed by atoms with E-state index in [0.29, 0.717) is 0 Å². The predicted octanol–water partition coefficient (Wildman–Crippen LogP) is 2.71. The first-order chi connectivity index (χ1) is 12.7. The zero-order chi connectivity index (χ0) is 20.0. The van der Waals surface area contributed by atoms with Gasteiger partial charge in [0.1, 0.15) is 6.10 Å². The minimum Gasteiger partial charge on any atom is -0.486 e. The van der Waals surface area contributed by atoms with Gasteiger partial charge in [-0.2, -0.15) is 18.3 Å². The van der Waals surface area contributed by atoms with Crippen LogP contribution in [0.5, 0.6) is 5.75 Å². The quantitative estimate of drug-likeness (QED) is 0.455. The summed E-state index contributed by atoms with van der Waals surface area (Å²) in [6.07, 6.45) is -3.63. The fourth-order valence-electron chi connectivity index (χ4n) is 2.34. The average Bonchev–Trinajstić information content (AvgIpc) is 2.98. The van der Waals surface area contributed by atoms with E-state index >= 15 is 0 Å². The molecule has 0 saturated heterocycles. The third kappa shape index (κ3) is 5.87. The Balaban J connectivity index is 1.89. The summed E-state index contributed by atoms with van der Waals surface area (Å²) in [5.41, 5.74) is -0.937. The zero-order valence-electron chi connectivity index (χ0n) is 15.1. The smallest absolute Gasteiger partial charge is 0.435 e. The molecular formula is C17H21F4N5O. The van der Waals surface area contributed by atoms with Crippen LogP contribution in [0, 0.1) is 5.82 Å². The molecule has 2 aromatic rings. The maximum Gasteiger partial charge on any atom is 0.435 e. The van der Waals surface area contributed by atoms with E-state index in [1.54, 1.807) is 19.1 Å².